The normalized spacial score (nSPS) is 24.6. The molecule has 5 rings (SSSR count). The smallest absolute Gasteiger partial charge is 0.270 e. The summed E-state index contributed by atoms with van der Waals surface area (Å²) in [5, 5.41) is 61.4. The first-order valence-corrected chi connectivity index (χ1v) is 15.4. The highest BCUT2D eigenvalue weighted by atomic mass is 16.6. The summed E-state index contributed by atoms with van der Waals surface area (Å²) < 4.78 is 0. The Morgan fingerprint density at radius 1 is 1.06 bits per heavy atom. The van der Waals surface area contributed by atoms with Crippen molar-refractivity contribution < 1.29 is 39.7 Å². The molecule has 0 heterocycles. The Bertz CT molecular complexity index is 1810. The number of aromatic hydroxyl groups is 1. The number of phenolic OH excluding ortho intramolecular Hbond substituents is 1. The van der Waals surface area contributed by atoms with Crippen LogP contribution in [0.1, 0.15) is 64.7 Å². The summed E-state index contributed by atoms with van der Waals surface area (Å²) in [6.07, 6.45) is 0.0172. The van der Waals surface area contributed by atoms with E-state index >= 15 is 0 Å². The van der Waals surface area contributed by atoms with Crippen LogP contribution >= 0.6 is 0 Å². The van der Waals surface area contributed by atoms with E-state index in [1.54, 1.807) is 47.0 Å². The number of nitro benzene ring substituents is 1. The lowest BCUT2D eigenvalue weighted by molar-refractivity contribution is -0.384. The minimum Gasteiger partial charge on any atom is -0.508 e. The van der Waals surface area contributed by atoms with Crippen LogP contribution in [0.25, 0.3) is 16.9 Å². The second-order valence-electron chi connectivity index (χ2n) is 15.0. The number of nitro groups is 1. The van der Waals surface area contributed by atoms with Gasteiger partial charge in [0.05, 0.1) is 16.5 Å². The molecule has 0 saturated heterocycles. The van der Waals surface area contributed by atoms with E-state index in [1.165, 1.54) is 23.1 Å². The number of ketones is 2. The molecule has 12 heteroatoms. The van der Waals surface area contributed by atoms with E-state index in [-0.39, 0.29) is 35.4 Å². The Morgan fingerprint density at radius 2 is 1.70 bits per heavy atom. The first-order valence-electron chi connectivity index (χ1n) is 15.4. The number of aliphatic hydroxyl groups is 3. The molecule has 1 saturated carbocycles. The van der Waals surface area contributed by atoms with Gasteiger partial charge in [0, 0.05) is 34.7 Å². The number of Topliss-reactive ketones (excluding diaryl/α,β-unsaturated/α-hetero) is 2. The van der Waals surface area contributed by atoms with Crippen molar-refractivity contribution in [2.45, 2.75) is 77.0 Å². The number of benzene rings is 2. The number of nitrogens with one attached hydrogen (secondary N) is 1. The fourth-order valence-corrected chi connectivity index (χ4v) is 7.31. The van der Waals surface area contributed by atoms with Crippen LogP contribution in [0.15, 0.2) is 47.2 Å². The largest absolute Gasteiger partial charge is 0.508 e. The van der Waals surface area contributed by atoms with Crippen molar-refractivity contribution in [1.82, 2.24) is 10.2 Å². The number of carbonyl (C=O) groups is 3. The van der Waals surface area contributed by atoms with Gasteiger partial charge in [-0.25, -0.2) is 0 Å². The van der Waals surface area contributed by atoms with Crippen LogP contribution in [0.4, 0.5) is 5.69 Å². The molecule has 47 heavy (non-hydrogen) atoms. The van der Waals surface area contributed by atoms with Crippen molar-refractivity contribution in [3.8, 4) is 16.9 Å². The van der Waals surface area contributed by atoms with Gasteiger partial charge in [-0.15, -0.1) is 0 Å². The van der Waals surface area contributed by atoms with Crippen molar-refractivity contribution in [2.75, 3.05) is 14.1 Å². The summed E-state index contributed by atoms with van der Waals surface area (Å²) in [5.41, 5.74) is -3.57. The number of hydrogen-bond donors (Lipinski definition) is 5. The Kier molecular flexibility index (Phi) is 7.93. The molecule has 3 aliphatic carbocycles. The maximum absolute atomic E-state index is 14.5. The average Bonchev–Trinajstić information content (AvgIpc) is 2.93. The van der Waals surface area contributed by atoms with Crippen LogP contribution in [-0.2, 0) is 26.2 Å². The molecule has 1 amide bonds. The van der Waals surface area contributed by atoms with E-state index in [9.17, 15) is 44.9 Å². The highest BCUT2D eigenvalue weighted by Gasteiger charge is 2.64. The minimum absolute atomic E-state index is 0.0502. The third-order valence-electron chi connectivity index (χ3n) is 9.37. The van der Waals surface area contributed by atoms with Crippen LogP contribution in [0.2, 0.25) is 0 Å². The summed E-state index contributed by atoms with van der Waals surface area (Å²) >= 11 is 0. The van der Waals surface area contributed by atoms with E-state index in [4.69, 9.17) is 0 Å². The standard InChI is InChI=1S/C35H41N3O9/c1-33(2,3)22-15-19(16-10-9-11-18(12-16)38(46)47)20-13-17-14-21-26(37(7)8)29(41)25(32(44)36-34(4,5)6)31(43)35(21,45)30(42)23(17)28(40)24(20)27(22)39/h9-12,15,17,21,26,39-40,43,45H,13-14H2,1-8H3,(H,36,44)/t17-,21-,26-,35-/m0/s1. The van der Waals surface area contributed by atoms with Crippen molar-refractivity contribution >= 4 is 28.9 Å². The highest BCUT2D eigenvalue weighted by Crippen LogP contribution is 2.55. The predicted octanol–water partition coefficient (Wildman–Crippen LogP) is 4.27. The summed E-state index contributed by atoms with van der Waals surface area (Å²) in [5.74, 6) is -6.72. The molecular weight excluding hydrogens is 606 g/mol. The van der Waals surface area contributed by atoms with Crippen molar-refractivity contribution in [3.05, 3.63) is 74.0 Å². The molecular formula is C35H41N3O9. The fourth-order valence-electron chi connectivity index (χ4n) is 7.31. The highest BCUT2D eigenvalue weighted by molar-refractivity contribution is 6.25. The molecule has 0 spiro atoms. The molecule has 12 nitrogen and oxygen atoms in total. The van der Waals surface area contributed by atoms with Gasteiger partial charge < -0.3 is 25.7 Å². The van der Waals surface area contributed by atoms with Crippen LogP contribution in [0.3, 0.4) is 0 Å². The van der Waals surface area contributed by atoms with Gasteiger partial charge >= 0.3 is 0 Å². The first kappa shape index (κ1) is 33.8. The van der Waals surface area contributed by atoms with Crippen molar-refractivity contribution in [3.63, 3.8) is 0 Å². The Labute approximate surface area is 272 Å². The first-order chi connectivity index (χ1) is 21.6. The average molecular weight is 648 g/mol. The third kappa shape index (κ3) is 5.29. The zero-order valence-electron chi connectivity index (χ0n) is 27.8. The summed E-state index contributed by atoms with van der Waals surface area (Å²) in [6, 6.07) is 6.52. The van der Waals surface area contributed by atoms with Crippen LogP contribution in [0, 0.1) is 22.0 Å². The number of amides is 1. The molecule has 0 aromatic heterocycles. The monoisotopic (exact) mass is 647 g/mol. The minimum atomic E-state index is -2.73. The molecule has 2 aromatic rings. The van der Waals surface area contributed by atoms with Crippen LogP contribution in [-0.4, -0.2) is 79.0 Å². The number of aliphatic hydroxyl groups excluding tert-OH is 2. The van der Waals surface area contributed by atoms with Crippen molar-refractivity contribution in [1.29, 1.82) is 0 Å². The van der Waals surface area contributed by atoms with Gasteiger partial charge in [-0.05, 0) is 81.8 Å². The molecule has 5 N–H and O–H groups in total. The van der Waals surface area contributed by atoms with E-state index in [1.807, 2.05) is 20.8 Å². The Balaban J connectivity index is 1.79. The number of nitrogens with zero attached hydrogens (tertiary/aromatic N) is 2. The Hall–Kier alpha value is -4.55. The second-order valence-corrected chi connectivity index (χ2v) is 15.0. The number of non-ortho nitro benzene ring substituents is 1. The number of phenols is 1. The van der Waals surface area contributed by atoms with Crippen LogP contribution < -0.4 is 5.32 Å². The summed E-state index contributed by atoms with van der Waals surface area (Å²) in [4.78, 5) is 54.2. The molecule has 3 aliphatic rings. The summed E-state index contributed by atoms with van der Waals surface area (Å²) in [6.45, 7) is 10.6. The zero-order chi connectivity index (χ0) is 35.1. The topological polar surface area (TPSA) is 191 Å². The lowest BCUT2D eigenvalue weighted by atomic mass is 9.57. The van der Waals surface area contributed by atoms with E-state index < -0.39 is 73.9 Å². The quantitative estimate of drug-likeness (QED) is 0.182. The van der Waals surface area contributed by atoms with Crippen LogP contribution in [0.5, 0.6) is 5.75 Å². The number of carbonyl (C=O) groups excluding carboxylic acids is 3. The lowest BCUT2D eigenvalue weighted by Crippen LogP contribution is -2.66. The SMILES string of the molecule is CN(C)[C@@H]1C(=O)C(C(=O)NC(C)(C)C)=C(O)[C@@]2(O)C(=O)C3=C(O)c4c(O)c(C(C)(C)C)cc(-c5cccc([N+](=O)[O-])c5)c4C[C@H]3C[C@@H]12. The molecule has 250 valence electrons. The van der Waals surface area contributed by atoms with Gasteiger partial charge in [-0.2, -0.15) is 0 Å². The van der Waals surface area contributed by atoms with Crippen molar-refractivity contribution in [2.24, 2.45) is 11.8 Å². The third-order valence-corrected chi connectivity index (χ3v) is 9.37. The van der Waals surface area contributed by atoms with E-state index in [0.29, 0.717) is 22.3 Å². The Morgan fingerprint density at radius 3 is 2.26 bits per heavy atom. The maximum atomic E-state index is 14.5. The number of fused-ring (bicyclic) bond motifs is 3. The summed E-state index contributed by atoms with van der Waals surface area (Å²) in [7, 11) is 3.14. The predicted molar refractivity (Wildman–Crippen MR) is 174 cm³/mol. The molecule has 4 atom stereocenters. The fraction of sp³-hybridized carbons (Fsp3) is 0.457. The number of hydrogen-bond acceptors (Lipinski definition) is 10. The molecule has 0 radical (unpaired) electrons. The van der Waals surface area contributed by atoms with Gasteiger partial charge in [0.2, 0.25) is 5.78 Å². The van der Waals surface area contributed by atoms with Gasteiger partial charge in [0.25, 0.3) is 11.6 Å². The lowest BCUT2D eigenvalue weighted by Gasteiger charge is -2.50. The maximum Gasteiger partial charge on any atom is 0.270 e. The zero-order valence-corrected chi connectivity index (χ0v) is 27.8. The molecule has 1 fully saturated rings. The number of likely N-dealkylation sites (N-methyl/N-ethyl adjacent to an activating group) is 1. The second kappa shape index (κ2) is 11.0. The molecule has 0 bridgehead atoms. The molecule has 2 aromatic carbocycles. The van der Waals surface area contributed by atoms with Gasteiger partial charge in [-0.1, -0.05) is 32.9 Å². The number of rotatable bonds is 4. The van der Waals surface area contributed by atoms with Gasteiger partial charge in [-0.3, -0.25) is 29.4 Å². The molecule has 0 aliphatic heterocycles. The van der Waals surface area contributed by atoms with Gasteiger partial charge in [0.15, 0.2) is 11.4 Å². The van der Waals surface area contributed by atoms with Gasteiger partial charge in [0.1, 0.15) is 22.8 Å². The van der Waals surface area contributed by atoms with E-state index in [0.717, 1.165) is 0 Å². The van der Waals surface area contributed by atoms with E-state index in [2.05, 4.69) is 5.32 Å². The molecule has 0 unspecified atom stereocenters.